The highest BCUT2D eigenvalue weighted by atomic mass is 32.2. The van der Waals surface area contributed by atoms with Gasteiger partial charge in [-0.25, -0.2) is 17.8 Å². The van der Waals surface area contributed by atoms with Crippen molar-refractivity contribution in [3.05, 3.63) is 87.2 Å². The molecule has 2 N–H and O–H groups in total. The zero-order chi connectivity index (χ0) is 24.9. The number of nitrogens with one attached hydrogen (secondary N) is 2. The van der Waals surface area contributed by atoms with Gasteiger partial charge < -0.3 is 10.3 Å². The van der Waals surface area contributed by atoms with Crippen molar-refractivity contribution < 1.29 is 17.7 Å². The molecule has 11 nitrogen and oxygen atoms in total. The number of nitro groups is 1. The van der Waals surface area contributed by atoms with E-state index in [1.165, 1.54) is 13.2 Å². The highest BCUT2D eigenvalue weighted by molar-refractivity contribution is 7.91. The van der Waals surface area contributed by atoms with E-state index in [4.69, 9.17) is 0 Å². The number of nitrogens with zero attached hydrogens (tertiary/aromatic N) is 4. The molecule has 0 saturated carbocycles. The zero-order valence-electron chi connectivity index (χ0n) is 17.9. The summed E-state index contributed by atoms with van der Waals surface area (Å²) in [5, 5.41) is 15.5. The summed E-state index contributed by atoms with van der Waals surface area (Å²) in [7, 11) is -3.34. The predicted octanol–water partition coefficient (Wildman–Crippen LogP) is 3.43. The van der Waals surface area contributed by atoms with Crippen LogP contribution in [0.15, 0.2) is 75.5 Å². The van der Waals surface area contributed by atoms with Gasteiger partial charge in [0.1, 0.15) is 21.3 Å². The average Bonchev–Trinajstić information content (AvgIpc) is 3.29. The summed E-state index contributed by atoms with van der Waals surface area (Å²) in [6.45, 7) is 0. The molecule has 0 bridgehead atoms. The molecule has 5 aromatic rings. The van der Waals surface area contributed by atoms with E-state index in [1.54, 1.807) is 0 Å². The molecule has 0 amide bonds. The summed E-state index contributed by atoms with van der Waals surface area (Å²) >= 11 is 0. The summed E-state index contributed by atoms with van der Waals surface area (Å²) in [6.07, 6.45) is 3.14. The van der Waals surface area contributed by atoms with Crippen LogP contribution in [0.3, 0.4) is 0 Å². The molecule has 0 aliphatic carbocycles. The largest absolute Gasteiger partial charge is 0.361 e. The van der Waals surface area contributed by atoms with Gasteiger partial charge in [0.15, 0.2) is 0 Å². The van der Waals surface area contributed by atoms with E-state index in [9.17, 15) is 27.7 Å². The first-order valence-electron chi connectivity index (χ1n) is 10.0. The van der Waals surface area contributed by atoms with Crippen LogP contribution in [0.5, 0.6) is 0 Å². The van der Waals surface area contributed by atoms with E-state index >= 15 is 0 Å². The standard InChI is InChI=1S/C22H15FN6O5S/c1-28-20-13(11-25-22(27-20)26-15-3-4-16-12(8-15)6-7-24-16)9-19(21(28)30)35(33,34)18-5-2-14(23)10-17(18)29(31)32/h2-11,24H,1H3,(H,25,26,27). The fourth-order valence-electron chi connectivity index (χ4n) is 3.71. The van der Waals surface area contributed by atoms with Crippen molar-refractivity contribution in [1.82, 2.24) is 19.5 Å². The summed E-state index contributed by atoms with van der Waals surface area (Å²) in [5.41, 5.74) is -0.128. The minimum Gasteiger partial charge on any atom is -0.361 e. The lowest BCUT2D eigenvalue weighted by Gasteiger charge is -2.11. The SMILES string of the molecule is Cn1c(=O)c(S(=O)(=O)c2ccc(F)cc2[N+](=O)[O-])cc2cnc(Nc3ccc4[nH]ccc4c3)nc21. The number of nitro benzene ring substituents is 1. The number of aromatic amines is 1. The van der Waals surface area contributed by atoms with Crippen molar-refractivity contribution in [2.75, 3.05) is 5.32 Å². The third-order valence-electron chi connectivity index (χ3n) is 5.42. The molecule has 3 heterocycles. The van der Waals surface area contributed by atoms with Crippen LogP contribution in [0.1, 0.15) is 0 Å². The molecule has 0 aliphatic rings. The number of pyridine rings is 1. The molecule has 0 unspecified atom stereocenters. The first-order chi connectivity index (χ1) is 16.6. The van der Waals surface area contributed by atoms with E-state index < -0.39 is 41.6 Å². The molecular formula is C22H15FN6O5S. The molecule has 13 heteroatoms. The molecule has 0 saturated heterocycles. The summed E-state index contributed by atoms with van der Waals surface area (Å²) in [5.74, 6) is -0.807. The Morgan fingerprint density at radius 2 is 1.89 bits per heavy atom. The van der Waals surface area contributed by atoms with Gasteiger partial charge in [-0.2, -0.15) is 4.98 Å². The number of aromatic nitrogens is 4. The van der Waals surface area contributed by atoms with Gasteiger partial charge in [-0.3, -0.25) is 19.5 Å². The molecule has 0 radical (unpaired) electrons. The van der Waals surface area contributed by atoms with E-state index in [-0.39, 0.29) is 17.0 Å². The Labute approximate surface area is 196 Å². The minimum absolute atomic E-state index is 0.141. The van der Waals surface area contributed by atoms with Crippen LogP contribution in [-0.4, -0.2) is 32.9 Å². The van der Waals surface area contributed by atoms with Crippen LogP contribution in [0.2, 0.25) is 0 Å². The minimum atomic E-state index is -4.67. The molecule has 2 aromatic carbocycles. The van der Waals surface area contributed by atoms with E-state index in [0.717, 1.165) is 33.7 Å². The second-order valence-corrected chi connectivity index (χ2v) is 9.51. The van der Waals surface area contributed by atoms with Gasteiger partial charge in [-0.15, -0.1) is 0 Å². The Bertz CT molecular complexity index is 1830. The second kappa shape index (κ2) is 7.99. The van der Waals surface area contributed by atoms with E-state index in [0.29, 0.717) is 11.8 Å². The Balaban J connectivity index is 1.60. The lowest BCUT2D eigenvalue weighted by molar-refractivity contribution is -0.388. The molecular weight excluding hydrogens is 479 g/mol. The number of rotatable bonds is 5. The van der Waals surface area contributed by atoms with Crippen LogP contribution in [0, 0.1) is 15.9 Å². The third-order valence-corrected chi connectivity index (χ3v) is 7.22. The lowest BCUT2D eigenvalue weighted by Crippen LogP contribution is -2.25. The Morgan fingerprint density at radius 3 is 2.66 bits per heavy atom. The molecule has 3 aromatic heterocycles. The molecule has 0 aliphatic heterocycles. The zero-order valence-corrected chi connectivity index (χ0v) is 18.7. The first-order valence-corrected chi connectivity index (χ1v) is 11.5. The van der Waals surface area contributed by atoms with Crippen LogP contribution in [0.4, 0.5) is 21.7 Å². The van der Waals surface area contributed by atoms with Gasteiger partial charge in [0.25, 0.3) is 11.2 Å². The van der Waals surface area contributed by atoms with Crippen molar-refractivity contribution in [2.45, 2.75) is 9.79 Å². The number of halogens is 1. The Kier molecular flexibility index (Phi) is 5.06. The highest BCUT2D eigenvalue weighted by Crippen LogP contribution is 2.30. The van der Waals surface area contributed by atoms with Gasteiger partial charge in [-0.1, -0.05) is 0 Å². The van der Waals surface area contributed by atoms with Crippen LogP contribution in [-0.2, 0) is 16.9 Å². The lowest BCUT2D eigenvalue weighted by atomic mass is 10.2. The smallest absolute Gasteiger partial charge is 0.291 e. The highest BCUT2D eigenvalue weighted by Gasteiger charge is 2.31. The van der Waals surface area contributed by atoms with Crippen molar-refractivity contribution in [3.8, 4) is 0 Å². The third kappa shape index (κ3) is 3.77. The Morgan fingerprint density at radius 1 is 1.09 bits per heavy atom. The number of H-pyrrole nitrogens is 1. The molecule has 0 spiro atoms. The van der Waals surface area contributed by atoms with Gasteiger partial charge in [0, 0.05) is 41.4 Å². The number of fused-ring (bicyclic) bond motifs is 2. The summed E-state index contributed by atoms with van der Waals surface area (Å²) < 4.78 is 40.9. The summed E-state index contributed by atoms with van der Waals surface area (Å²) in [6, 6.07) is 10.5. The quantitative estimate of drug-likeness (QED) is 0.214. The van der Waals surface area contributed by atoms with Crippen molar-refractivity contribution >= 4 is 49.1 Å². The fraction of sp³-hybridized carbons (Fsp3) is 0.0455. The predicted molar refractivity (Wildman–Crippen MR) is 125 cm³/mol. The van der Waals surface area contributed by atoms with Gasteiger partial charge in [0.05, 0.1) is 11.0 Å². The number of benzene rings is 2. The Hall–Kier alpha value is -4.65. The van der Waals surface area contributed by atoms with Gasteiger partial charge >= 0.3 is 0 Å². The van der Waals surface area contributed by atoms with Crippen molar-refractivity contribution in [3.63, 3.8) is 0 Å². The van der Waals surface area contributed by atoms with Crippen LogP contribution < -0.4 is 10.9 Å². The molecule has 35 heavy (non-hydrogen) atoms. The summed E-state index contributed by atoms with van der Waals surface area (Å²) in [4.78, 5) is 33.4. The second-order valence-electron chi connectivity index (χ2n) is 7.62. The maximum absolute atomic E-state index is 13.5. The van der Waals surface area contributed by atoms with Crippen molar-refractivity contribution in [1.29, 1.82) is 0 Å². The van der Waals surface area contributed by atoms with E-state index in [2.05, 4.69) is 20.3 Å². The average molecular weight is 494 g/mol. The van der Waals surface area contributed by atoms with E-state index in [1.807, 2.05) is 30.5 Å². The maximum atomic E-state index is 13.5. The molecule has 0 atom stereocenters. The fourth-order valence-corrected chi connectivity index (χ4v) is 5.25. The maximum Gasteiger partial charge on any atom is 0.291 e. The molecule has 5 rings (SSSR count). The number of sulfone groups is 1. The van der Waals surface area contributed by atoms with Crippen LogP contribution >= 0.6 is 0 Å². The number of aryl methyl sites for hydroxylation is 1. The first kappa shape index (κ1) is 22.2. The number of hydrogen-bond donors (Lipinski definition) is 2. The van der Waals surface area contributed by atoms with Gasteiger partial charge in [0.2, 0.25) is 15.8 Å². The normalized spacial score (nSPS) is 11.7. The topological polar surface area (TPSA) is 153 Å². The number of hydrogen-bond acceptors (Lipinski definition) is 8. The monoisotopic (exact) mass is 494 g/mol. The van der Waals surface area contributed by atoms with Crippen LogP contribution in [0.25, 0.3) is 21.9 Å². The number of anilines is 2. The van der Waals surface area contributed by atoms with Crippen molar-refractivity contribution in [2.24, 2.45) is 7.05 Å². The molecule has 0 fully saturated rings. The molecule has 176 valence electrons. The van der Waals surface area contributed by atoms with Gasteiger partial charge in [-0.05, 0) is 42.5 Å².